The molecule has 2 N–H and O–H groups in total. The molecule has 17 heavy (non-hydrogen) atoms. The highest BCUT2D eigenvalue weighted by molar-refractivity contribution is 5.13. The monoisotopic (exact) mass is 237 g/mol. The fourth-order valence-corrected chi connectivity index (χ4v) is 1.61. The van der Waals surface area contributed by atoms with Gasteiger partial charge in [-0.3, -0.25) is 9.88 Å². The average molecular weight is 237 g/mol. The van der Waals surface area contributed by atoms with Crippen LogP contribution in [0.15, 0.2) is 18.3 Å². The first-order chi connectivity index (χ1) is 8.17. The second-order valence-electron chi connectivity index (χ2n) is 4.42. The molecule has 1 aromatic rings. The number of hydrogen-bond donors (Lipinski definition) is 1. The molecule has 0 atom stereocenters. The first kappa shape index (κ1) is 14.1. The minimum absolute atomic E-state index is 0.487. The van der Waals surface area contributed by atoms with E-state index in [1.807, 2.05) is 18.3 Å². The van der Waals surface area contributed by atoms with E-state index in [-0.39, 0.29) is 0 Å². The second kappa shape index (κ2) is 7.37. The van der Waals surface area contributed by atoms with Crippen molar-refractivity contribution in [1.29, 1.82) is 0 Å². The number of nitrogens with zero attached hydrogens (tertiary/aromatic N) is 2. The van der Waals surface area contributed by atoms with Crippen molar-refractivity contribution in [3.63, 3.8) is 0 Å². The lowest BCUT2D eigenvalue weighted by Gasteiger charge is -2.25. The Kier molecular flexibility index (Phi) is 6.11. The van der Waals surface area contributed by atoms with Gasteiger partial charge in [-0.05, 0) is 25.5 Å². The highest BCUT2D eigenvalue weighted by Gasteiger charge is 2.10. The van der Waals surface area contributed by atoms with Crippen LogP contribution in [0.25, 0.3) is 0 Å². The third-order valence-electron chi connectivity index (χ3n) is 2.80. The van der Waals surface area contributed by atoms with Gasteiger partial charge < -0.3 is 10.5 Å². The molecule has 0 fully saturated rings. The Morgan fingerprint density at radius 3 is 2.65 bits per heavy atom. The van der Waals surface area contributed by atoms with E-state index in [0.717, 1.165) is 31.0 Å². The van der Waals surface area contributed by atoms with Gasteiger partial charge in [-0.2, -0.15) is 0 Å². The Bertz CT molecular complexity index is 311. The molecular formula is C13H23N3O. The largest absolute Gasteiger partial charge is 0.383 e. The van der Waals surface area contributed by atoms with Gasteiger partial charge in [0.2, 0.25) is 0 Å². The molecule has 0 amide bonds. The van der Waals surface area contributed by atoms with Crippen molar-refractivity contribution in [2.24, 2.45) is 5.73 Å². The number of ether oxygens (including phenoxy) is 1. The zero-order chi connectivity index (χ0) is 12.7. The first-order valence-corrected chi connectivity index (χ1v) is 6.04. The van der Waals surface area contributed by atoms with E-state index in [1.165, 1.54) is 0 Å². The van der Waals surface area contributed by atoms with Crippen LogP contribution in [0, 0.1) is 0 Å². The van der Waals surface area contributed by atoms with E-state index < -0.39 is 0 Å². The summed E-state index contributed by atoms with van der Waals surface area (Å²) in [4.78, 5) is 6.76. The van der Waals surface area contributed by atoms with Gasteiger partial charge in [0.05, 0.1) is 12.3 Å². The maximum Gasteiger partial charge on any atom is 0.0589 e. The van der Waals surface area contributed by atoms with Crippen LogP contribution in [0.5, 0.6) is 0 Å². The molecule has 4 nitrogen and oxygen atoms in total. The van der Waals surface area contributed by atoms with E-state index in [9.17, 15) is 0 Å². The van der Waals surface area contributed by atoms with E-state index in [2.05, 4.69) is 23.7 Å². The van der Waals surface area contributed by atoms with E-state index in [0.29, 0.717) is 12.6 Å². The molecule has 0 radical (unpaired) electrons. The summed E-state index contributed by atoms with van der Waals surface area (Å²) in [7, 11) is 1.73. The SMILES string of the molecule is COCCN(Cc1ccc(CN)cn1)C(C)C. The van der Waals surface area contributed by atoms with Gasteiger partial charge in [0.25, 0.3) is 0 Å². The predicted molar refractivity (Wildman–Crippen MR) is 69.6 cm³/mol. The summed E-state index contributed by atoms with van der Waals surface area (Å²) < 4.78 is 5.12. The van der Waals surface area contributed by atoms with Crippen molar-refractivity contribution in [2.45, 2.75) is 33.0 Å². The number of nitrogens with two attached hydrogens (primary N) is 1. The van der Waals surface area contributed by atoms with Crippen molar-refractivity contribution < 1.29 is 4.74 Å². The quantitative estimate of drug-likeness (QED) is 0.779. The molecule has 0 aliphatic rings. The lowest BCUT2D eigenvalue weighted by Crippen LogP contribution is -2.33. The predicted octanol–water partition coefficient (Wildman–Crippen LogP) is 1.40. The van der Waals surface area contributed by atoms with Crippen LogP contribution in [-0.2, 0) is 17.8 Å². The van der Waals surface area contributed by atoms with Crippen molar-refractivity contribution in [1.82, 2.24) is 9.88 Å². The van der Waals surface area contributed by atoms with Gasteiger partial charge >= 0.3 is 0 Å². The van der Waals surface area contributed by atoms with Crippen LogP contribution in [0.2, 0.25) is 0 Å². The van der Waals surface area contributed by atoms with Crippen molar-refractivity contribution in [2.75, 3.05) is 20.3 Å². The maximum absolute atomic E-state index is 5.55. The third kappa shape index (κ3) is 4.81. The standard InChI is InChI=1S/C13H23N3O/c1-11(2)16(6-7-17-3)10-13-5-4-12(8-14)9-15-13/h4-5,9,11H,6-8,10,14H2,1-3H3. The fourth-order valence-electron chi connectivity index (χ4n) is 1.61. The summed E-state index contributed by atoms with van der Waals surface area (Å²) in [6.45, 7) is 7.44. The van der Waals surface area contributed by atoms with Crippen LogP contribution in [-0.4, -0.2) is 36.2 Å². The Morgan fingerprint density at radius 1 is 1.41 bits per heavy atom. The molecular weight excluding hydrogens is 214 g/mol. The highest BCUT2D eigenvalue weighted by atomic mass is 16.5. The summed E-state index contributed by atoms with van der Waals surface area (Å²) in [5.74, 6) is 0. The number of hydrogen-bond acceptors (Lipinski definition) is 4. The molecule has 0 saturated heterocycles. The molecule has 1 heterocycles. The molecule has 0 bridgehead atoms. The van der Waals surface area contributed by atoms with Crippen molar-refractivity contribution >= 4 is 0 Å². The zero-order valence-electron chi connectivity index (χ0n) is 11.0. The highest BCUT2D eigenvalue weighted by Crippen LogP contribution is 2.07. The van der Waals surface area contributed by atoms with Crippen LogP contribution >= 0.6 is 0 Å². The van der Waals surface area contributed by atoms with Crippen LogP contribution in [0.1, 0.15) is 25.1 Å². The lowest BCUT2D eigenvalue weighted by molar-refractivity contribution is 0.124. The summed E-state index contributed by atoms with van der Waals surface area (Å²) in [5, 5.41) is 0. The summed E-state index contributed by atoms with van der Waals surface area (Å²) in [6, 6.07) is 4.57. The summed E-state index contributed by atoms with van der Waals surface area (Å²) in [5.41, 5.74) is 7.70. The molecule has 1 aromatic heterocycles. The molecule has 96 valence electrons. The smallest absolute Gasteiger partial charge is 0.0589 e. The number of methoxy groups -OCH3 is 1. The van der Waals surface area contributed by atoms with E-state index in [1.54, 1.807) is 7.11 Å². The zero-order valence-corrected chi connectivity index (χ0v) is 11.0. The molecule has 0 spiro atoms. The van der Waals surface area contributed by atoms with Gasteiger partial charge in [-0.1, -0.05) is 6.07 Å². The number of aromatic nitrogens is 1. The first-order valence-electron chi connectivity index (χ1n) is 6.04. The number of pyridine rings is 1. The van der Waals surface area contributed by atoms with Crippen LogP contribution in [0.4, 0.5) is 0 Å². The van der Waals surface area contributed by atoms with Gasteiger partial charge in [0, 0.05) is 39.0 Å². The minimum Gasteiger partial charge on any atom is -0.383 e. The van der Waals surface area contributed by atoms with E-state index >= 15 is 0 Å². The summed E-state index contributed by atoms with van der Waals surface area (Å²) in [6.07, 6.45) is 1.85. The Morgan fingerprint density at radius 2 is 2.18 bits per heavy atom. The van der Waals surface area contributed by atoms with Gasteiger partial charge in [0.15, 0.2) is 0 Å². The van der Waals surface area contributed by atoms with Crippen LogP contribution in [0.3, 0.4) is 0 Å². The lowest BCUT2D eigenvalue weighted by atomic mass is 10.2. The Hall–Kier alpha value is -0.970. The third-order valence-corrected chi connectivity index (χ3v) is 2.80. The minimum atomic E-state index is 0.487. The summed E-state index contributed by atoms with van der Waals surface area (Å²) >= 11 is 0. The Labute approximate surface area is 104 Å². The molecule has 0 unspecified atom stereocenters. The molecule has 1 rings (SSSR count). The molecule has 0 aromatic carbocycles. The van der Waals surface area contributed by atoms with Crippen molar-refractivity contribution in [3.05, 3.63) is 29.6 Å². The number of rotatable bonds is 7. The van der Waals surface area contributed by atoms with Gasteiger partial charge in [-0.15, -0.1) is 0 Å². The normalized spacial score (nSPS) is 11.4. The second-order valence-corrected chi connectivity index (χ2v) is 4.42. The fraction of sp³-hybridized carbons (Fsp3) is 0.615. The Balaban J connectivity index is 2.58. The molecule has 4 heteroatoms. The maximum atomic E-state index is 5.55. The molecule has 0 aliphatic heterocycles. The topological polar surface area (TPSA) is 51.4 Å². The molecule has 0 aliphatic carbocycles. The van der Waals surface area contributed by atoms with Crippen LogP contribution < -0.4 is 5.73 Å². The average Bonchev–Trinajstić information content (AvgIpc) is 2.35. The van der Waals surface area contributed by atoms with Crippen molar-refractivity contribution in [3.8, 4) is 0 Å². The van der Waals surface area contributed by atoms with Gasteiger partial charge in [0.1, 0.15) is 0 Å². The van der Waals surface area contributed by atoms with Gasteiger partial charge in [-0.25, -0.2) is 0 Å². The van der Waals surface area contributed by atoms with E-state index in [4.69, 9.17) is 10.5 Å². The molecule has 0 saturated carbocycles.